The van der Waals surface area contributed by atoms with E-state index in [1.807, 2.05) is 0 Å². The van der Waals surface area contributed by atoms with E-state index in [0.29, 0.717) is 33.8 Å². The van der Waals surface area contributed by atoms with Crippen molar-refractivity contribution in [3.8, 4) is 0 Å². The lowest BCUT2D eigenvalue weighted by Gasteiger charge is -2.26. The lowest BCUT2D eigenvalue weighted by molar-refractivity contribution is -0.133. The van der Waals surface area contributed by atoms with Gasteiger partial charge in [0.25, 0.3) is 11.8 Å². The van der Waals surface area contributed by atoms with Crippen LogP contribution in [0.3, 0.4) is 0 Å². The summed E-state index contributed by atoms with van der Waals surface area (Å²) in [7, 11) is 0. The second-order valence-corrected chi connectivity index (χ2v) is 10.6. The molecule has 2 heterocycles. The van der Waals surface area contributed by atoms with Crippen LogP contribution in [-0.4, -0.2) is 60.4 Å². The van der Waals surface area contributed by atoms with E-state index < -0.39 is 48.2 Å². The van der Waals surface area contributed by atoms with E-state index in [9.17, 15) is 32.3 Å². The second kappa shape index (κ2) is 10.6. The molecule has 0 bridgehead atoms. The lowest BCUT2D eigenvalue weighted by atomic mass is 9.96. The van der Waals surface area contributed by atoms with Crippen molar-refractivity contribution in [2.45, 2.75) is 30.6 Å². The van der Waals surface area contributed by atoms with E-state index in [4.69, 9.17) is 0 Å². The monoisotopic (exact) mass is 590 g/mol. The van der Waals surface area contributed by atoms with Gasteiger partial charge in [0.05, 0.1) is 17.9 Å². The number of imide groups is 1. The van der Waals surface area contributed by atoms with Crippen molar-refractivity contribution >= 4 is 41.0 Å². The third kappa shape index (κ3) is 5.53. The van der Waals surface area contributed by atoms with E-state index in [2.05, 4.69) is 26.3 Å². The summed E-state index contributed by atoms with van der Waals surface area (Å²) in [6.45, 7) is -1.89. The van der Waals surface area contributed by atoms with Gasteiger partial charge in [0.1, 0.15) is 18.1 Å². The molecular weight excluding hydrogens is 565 g/mol. The van der Waals surface area contributed by atoms with Crippen LogP contribution in [-0.2, 0) is 22.4 Å². The zero-order chi connectivity index (χ0) is 30.4. The first-order chi connectivity index (χ1) is 20.5. The van der Waals surface area contributed by atoms with Crippen LogP contribution < -0.4 is 26.2 Å². The molecule has 1 aliphatic carbocycles. The van der Waals surface area contributed by atoms with Crippen molar-refractivity contribution in [1.82, 2.24) is 16.0 Å². The summed E-state index contributed by atoms with van der Waals surface area (Å²) in [5.41, 5.74) is 2.32. The Bertz CT molecular complexity index is 1680. The molecule has 1 spiro atoms. The highest BCUT2D eigenvalue weighted by molar-refractivity contribution is 6.20. The van der Waals surface area contributed by atoms with Gasteiger partial charge >= 0.3 is 18.2 Å². The van der Waals surface area contributed by atoms with Gasteiger partial charge in [-0.1, -0.05) is 54.6 Å². The van der Waals surface area contributed by atoms with Crippen LogP contribution in [0.4, 0.5) is 34.1 Å². The number of aliphatic imine (C=N–C) groups is 1. The fourth-order valence-corrected chi connectivity index (χ4v) is 5.68. The maximum Gasteiger partial charge on any atom is 0.406 e. The Morgan fingerprint density at radius 2 is 1.70 bits per heavy atom. The quantitative estimate of drug-likeness (QED) is 0.340. The molecule has 2 atom stereocenters. The molecule has 3 aromatic rings. The number of benzodiazepines with no additional fused rings is 1. The first-order valence-corrected chi connectivity index (χ1v) is 13.4. The number of anilines is 2. The van der Waals surface area contributed by atoms with E-state index in [0.717, 1.165) is 11.1 Å². The molecule has 6 rings (SSSR count). The minimum absolute atomic E-state index is 0.0717. The van der Waals surface area contributed by atoms with Crippen LogP contribution in [0.5, 0.6) is 0 Å². The van der Waals surface area contributed by atoms with Crippen LogP contribution in [0, 0.1) is 0 Å². The average Bonchev–Trinajstić information content (AvgIpc) is 3.43. The van der Waals surface area contributed by atoms with Gasteiger partial charge in [0.2, 0.25) is 0 Å². The predicted molar refractivity (Wildman–Crippen MR) is 151 cm³/mol. The van der Waals surface area contributed by atoms with Crippen LogP contribution in [0.15, 0.2) is 77.8 Å². The van der Waals surface area contributed by atoms with E-state index in [1.54, 1.807) is 66.7 Å². The molecule has 4 N–H and O–H groups in total. The maximum atomic E-state index is 13.6. The molecule has 220 valence electrons. The van der Waals surface area contributed by atoms with Gasteiger partial charge in [-0.25, -0.2) is 9.59 Å². The number of halogens is 3. The molecule has 2 aliphatic heterocycles. The van der Waals surface area contributed by atoms with Crippen LogP contribution >= 0.6 is 0 Å². The van der Waals surface area contributed by atoms with E-state index in [-0.39, 0.29) is 18.7 Å². The van der Waals surface area contributed by atoms with Crippen molar-refractivity contribution in [2.75, 3.05) is 23.3 Å². The highest BCUT2D eigenvalue weighted by Gasteiger charge is 2.50. The molecule has 1 fully saturated rings. The molecular formula is C30H25F3N6O4. The predicted octanol–water partition coefficient (Wildman–Crippen LogP) is 3.30. The van der Waals surface area contributed by atoms with Gasteiger partial charge < -0.3 is 20.9 Å². The number of fused-ring (bicyclic) bond motifs is 2. The fraction of sp³-hybridized carbons (Fsp3) is 0.233. The fourth-order valence-electron chi connectivity index (χ4n) is 5.68. The van der Waals surface area contributed by atoms with Crippen LogP contribution in [0.25, 0.3) is 0 Å². The van der Waals surface area contributed by atoms with E-state index >= 15 is 0 Å². The highest BCUT2D eigenvalue weighted by Crippen LogP contribution is 2.34. The molecule has 1 unspecified atom stereocenters. The molecule has 0 aromatic heterocycles. The molecule has 1 saturated heterocycles. The van der Waals surface area contributed by atoms with Crippen molar-refractivity contribution in [2.24, 2.45) is 4.99 Å². The minimum atomic E-state index is -4.68. The summed E-state index contributed by atoms with van der Waals surface area (Å²) in [5, 5.41) is 10.1. The largest absolute Gasteiger partial charge is 0.406 e. The Kier molecular flexibility index (Phi) is 6.87. The summed E-state index contributed by atoms with van der Waals surface area (Å²) >= 11 is 0. The van der Waals surface area contributed by atoms with Crippen molar-refractivity contribution in [3.63, 3.8) is 0 Å². The van der Waals surface area contributed by atoms with Gasteiger partial charge in [-0.2, -0.15) is 13.2 Å². The lowest BCUT2D eigenvalue weighted by Crippen LogP contribution is -2.47. The Hall–Kier alpha value is -5.20. The Labute approximate surface area is 243 Å². The standard InChI is InChI=1S/C30H25F3N6O4/c31-30(32,33)16-39-23-9-5-4-8-21(23)24(17-6-2-1-3-7-17)36-22(25(39)40)15-34-27(42)35-20-11-10-18-13-29(14-19(18)12-20)26(41)37-28(43)38-29/h1-12,22H,13-16H2,(H2,34,35,42)(H2,37,38,41,43)/t22-,29?/m0/s1. The van der Waals surface area contributed by atoms with Gasteiger partial charge in [0.15, 0.2) is 0 Å². The third-order valence-electron chi connectivity index (χ3n) is 7.59. The summed E-state index contributed by atoms with van der Waals surface area (Å²) in [5.74, 6) is -1.32. The molecule has 3 aromatic carbocycles. The number of carbonyl (C=O) groups excluding carboxylic acids is 4. The average molecular weight is 591 g/mol. The molecule has 0 saturated carbocycles. The first kappa shape index (κ1) is 27.9. The van der Waals surface area contributed by atoms with Gasteiger partial charge in [-0.3, -0.25) is 19.9 Å². The number of nitrogens with one attached hydrogen (secondary N) is 4. The minimum Gasteiger partial charge on any atom is -0.335 e. The van der Waals surface area contributed by atoms with Crippen LogP contribution in [0.2, 0.25) is 0 Å². The van der Waals surface area contributed by atoms with Gasteiger partial charge in [-0.05, 0) is 29.3 Å². The number of para-hydroxylation sites is 1. The summed E-state index contributed by atoms with van der Waals surface area (Å²) in [6, 6.07) is 17.5. The molecule has 10 nitrogen and oxygen atoms in total. The van der Waals surface area contributed by atoms with Crippen molar-refractivity contribution in [1.29, 1.82) is 0 Å². The zero-order valence-corrected chi connectivity index (χ0v) is 22.5. The number of urea groups is 2. The number of carbonyl (C=O) groups is 4. The molecule has 0 radical (unpaired) electrons. The Morgan fingerprint density at radius 3 is 2.42 bits per heavy atom. The zero-order valence-electron chi connectivity index (χ0n) is 22.5. The van der Waals surface area contributed by atoms with Gasteiger partial charge in [-0.15, -0.1) is 0 Å². The highest BCUT2D eigenvalue weighted by atomic mass is 19.4. The number of benzene rings is 3. The molecule has 43 heavy (non-hydrogen) atoms. The molecule has 6 amide bonds. The Morgan fingerprint density at radius 1 is 0.977 bits per heavy atom. The van der Waals surface area contributed by atoms with Crippen molar-refractivity contribution in [3.05, 3.63) is 95.1 Å². The Balaban J connectivity index is 1.22. The molecule has 13 heteroatoms. The maximum absolute atomic E-state index is 13.6. The first-order valence-electron chi connectivity index (χ1n) is 13.4. The SMILES string of the molecule is O=C(NC[C@@H]1N=C(c2ccccc2)c2ccccc2N(CC(F)(F)F)C1=O)Nc1ccc2c(c1)CC1(C2)NC(=O)NC1=O. The number of nitrogens with zero attached hydrogens (tertiary/aromatic N) is 2. The summed E-state index contributed by atoms with van der Waals surface area (Å²) in [6.07, 6.45) is -4.11. The number of hydrogen-bond donors (Lipinski definition) is 4. The van der Waals surface area contributed by atoms with Gasteiger partial charge in [0, 0.05) is 29.7 Å². The number of rotatable bonds is 5. The summed E-state index contributed by atoms with van der Waals surface area (Å²) < 4.78 is 40.9. The van der Waals surface area contributed by atoms with E-state index in [1.165, 1.54) is 6.07 Å². The van der Waals surface area contributed by atoms with Crippen molar-refractivity contribution < 1.29 is 32.3 Å². The summed E-state index contributed by atoms with van der Waals surface area (Å²) in [4.78, 5) is 55.6. The number of hydrogen-bond acceptors (Lipinski definition) is 5. The number of amides is 6. The smallest absolute Gasteiger partial charge is 0.335 e. The number of alkyl halides is 3. The second-order valence-electron chi connectivity index (χ2n) is 10.6. The third-order valence-corrected chi connectivity index (χ3v) is 7.59. The van der Waals surface area contributed by atoms with Crippen LogP contribution in [0.1, 0.15) is 22.3 Å². The molecule has 3 aliphatic rings. The normalized spacial score (nSPS) is 21.0. The topological polar surface area (TPSA) is 132 Å².